The van der Waals surface area contributed by atoms with Crippen LogP contribution in [0.5, 0.6) is 0 Å². The molecule has 1 fully saturated rings. The fourth-order valence-electron chi connectivity index (χ4n) is 1.95. The van der Waals surface area contributed by atoms with E-state index in [4.69, 9.17) is 16.3 Å². The average Bonchev–Trinajstić information content (AvgIpc) is 2.62. The summed E-state index contributed by atoms with van der Waals surface area (Å²) in [7, 11) is -3.37. The van der Waals surface area contributed by atoms with Crippen molar-refractivity contribution < 1.29 is 13.2 Å². The number of hydrogen-bond donors (Lipinski definition) is 0. The lowest BCUT2D eigenvalue weighted by Crippen LogP contribution is -2.44. The Bertz CT molecular complexity index is 525. The Hall–Kier alpha value is -0.620. The first-order valence-electron chi connectivity index (χ1n) is 5.64. The number of sulfonamides is 1. The molecule has 1 aromatic carbocycles. The average molecular weight is 290 g/mol. The van der Waals surface area contributed by atoms with E-state index in [0.717, 1.165) is 5.56 Å². The van der Waals surface area contributed by atoms with Gasteiger partial charge in [-0.2, -0.15) is 4.31 Å². The van der Waals surface area contributed by atoms with Crippen LogP contribution in [0.1, 0.15) is 19.4 Å². The van der Waals surface area contributed by atoms with E-state index in [-0.39, 0.29) is 12.5 Å². The molecule has 0 saturated carbocycles. The summed E-state index contributed by atoms with van der Waals surface area (Å²) >= 11 is 5.78. The Morgan fingerprint density at radius 2 is 1.94 bits per heavy atom. The molecule has 0 radical (unpaired) electrons. The van der Waals surface area contributed by atoms with Crippen LogP contribution in [0.2, 0.25) is 5.02 Å². The summed E-state index contributed by atoms with van der Waals surface area (Å²) < 4.78 is 31.3. The first kappa shape index (κ1) is 13.8. The van der Waals surface area contributed by atoms with Crippen LogP contribution < -0.4 is 0 Å². The van der Waals surface area contributed by atoms with Gasteiger partial charge < -0.3 is 4.74 Å². The van der Waals surface area contributed by atoms with E-state index in [9.17, 15) is 8.42 Å². The number of hydrogen-bond acceptors (Lipinski definition) is 3. The van der Waals surface area contributed by atoms with Gasteiger partial charge in [-0.05, 0) is 31.5 Å². The van der Waals surface area contributed by atoms with Crippen LogP contribution in [-0.4, -0.2) is 31.6 Å². The van der Waals surface area contributed by atoms with E-state index < -0.39 is 15.6 Å². The third-order valence-corrected chi connectivity index (χ3v) is 5.16. The van der Waals surface area contributed by atoms with Gasteiger partial charge in [0.25, 0.3) is 0 Å². The van der Waals surface area contributed by atoms with Crippen LogP contribution in [-0.2, 0) is 20.5 Å². The Kier molecular flexibility index (Phi) is 3.69. The number of ether oxygens (including phenoxy) is 1. The van der Waals surface area contributed by atoms with Gasteiger partial charge in [0, 0.05) is 5.02 Å². The summed E-state index contributed by atoms with van der Waals surface area (Å²) in [5, 5.41) is 0.598. The minimum Gasteiger partial charge on any atom is -0.363 e. The molecule has 0 bridgehead atoms. The SMILES string of the molecule is CC1(C)COCN1S(=O)(=O)Cc1ccc(Cl)cc1. The van der Waals surface area contributed by atoms with E-state index in [1.54, 1.807) is 24.3 Å². The maximum atomic E-state index is 12.3. The molecule has 1 aliphatic rings. The van der Waals surface area contributed by atoms with Crippen LogP contribution in [0, 0.1) is 0 Å². The van der Waals surface area contributed by atoms with Gasteiger partial charge in [0.05, 0.1) is 17.9 Å². The summed E-state index contributed by atoms with van der Waals surface area (Å²) in [4.78, 5) is 0. The number of nitrogens with zero attached hydrogens (tertiary/aromatic N) is 1. The number of halogens is 1. The summed E-state index contributed by atoms with van der Waals surface area (Å²) in [5.74, 6) is -0.0308. The molecule has 0 aliphatic carbocycles. The van der Waals surface area contributed by atoms with Crippen molar-refractivity contribution in [2.24, 2.45) is 0 Å². The second-order valence-corrected chi connectivity index (χ2v) is 7.35. The molecular formula is C12H16ClNO3S. The van der Waals surface area contributed by atoms with Crippen molar-refractivity contribution in [2.45, 2.75) is 25.1 Å². The predicted molar refractivity (Wildman–Crippen MR) is 70.8 cm³/mol. The van der Waals surface area contributed by atoms with Crippen LogP contribution in [0.15, 0.2) is 24.3 Å². The quantitative estimate of drug-likeness (QED) is 0.857. The molecule has 0 aromatic heterocycles. The van der Waals surface area contributed by atoms with Crippen molar-refractivity contribution in [3.63, 3.8) is 0 Å². The van der Waals surface area contributed by atoms with Crippen LogP contribution in [0.4, 0.5) is 0 Å². The monoisotopic (exact) mass is 289 g/mol. The van der Waals surface area contributed by atoms with Crippen molar-refractivity contribution in [2.75, 3.05) is 13.3 Å². The molecule has 0 N–H and O–H groups in total. The lowest BCUT2D eigenvalue weighted by molar-refractivity contribution is 0.171. The predicted octanol–water partition coefficient (Wildman–Crippen LogP) is 2.24. The third-order valence-electron chi connectivity index (χ3n) is 2.94. The molecule has 0 atom stereocenters. The van der Waals surface area contributed by atoms with Gasteiger partial charge in [0.15, 0.2) is 0 Å². The molecular weight excluding hydrogens is 274 g/mol. The van der Waals surface area contributed by atoms with E-state index in [2.05, 4.69) is 0 Å². The molecule has 18 heavy (non-hydrogen) atoms. The lowest BCUT2D eigenvalue weighted by atomic mass is 10.1. The highest BCUT2D eigenvalue weighted by molar-refractivity contribution is 7.88. The van der Waals surface area contributed by atoms with Crippen molar-refractivity contribution in [3.8, 4) is 0 Å². The van der Waals surface area contributed by atoms with Crippen LogP contribution in [0.3, 0.4) is 0 Å². The molecule has 6 heteroatoms. The minimum atomic E-state index is -3.37. The van der Waals surface area contributed by atoms with Gasteiger partial charge >= 0.3 is 0 Å². The summed E-state index contributed by atoms with van der Waals surface area (Å²) in [6, 6.07) is 6.84. The van der Waals surface area contributed by atoms with Gasteiger partial charge in [-0.1, -0.05) is 23.7 Å². The zero-order valence-corrected chi connectivity index (χ0v) is 12.0. The molecule has 1 aromatic rings. The lowest BCUT2D eigenvalue weighted by Gasteiger charge is -2.28. The largest absolute Gasteiger partial charge is 0.363 e. The highest BCUT2D eigenvalue weighted by atomic mass is 35.5. The first-order valence-corrected chi connectivity index (χ1v) is 7.63. The fourth-order valence-corrected chi connectivity index (χ4v) is 3.89. The van der Waals surface area contributed by atoms with E-state index >= 15 is 0 Å². The first-order chi connectivity index (χ1) is 8.31. The van der Waals surface area contributed by atoms with Crippen LogP contribution >= 0.6 is 11.6 Å². The van der Waals surface area contributed by atoms with Crippen LogP contribution in [0.25, 0.3) is 0 Å². The Morgan fingerprint density at radius 1 is 1.33 bits per heavy atom. The van der Waals surface area contributed by atoms with Gasteiger partial charge in [0.2, 0.25) is 10.0 Å². The Balaban J connectivity index is 2.20. The van der Waals surface area contributed by atoms with Gasteiger partial charge in [-0.3, -0.25) is 0 Å². The normalized spacial score (nSPS) is 20.2. The molecule has 2 rings (SSSR count). The van der Waals surface area contributed by atoms with Crippen molar-refractivity contribution in [1.29, 1.82) is 0 Å². The molecule has 4 nitrogen and oxygen atoms in total. The highest BCUT2D eigenvalue weighted by Gasteiger charge is 2.41. The maximum Gasteiger partial charge on any atom is 0.220 e. The zero-order chi connectivity index (χ0) is 13.4. The van der Waals surface area contributed by atoms with Crippen molar-refractivity contribution >= 4 is 21.6 Å². The van der Waals surface area contributed by atoms with Crippen molar-refractivity contribution in [1.82, 2.24) is 4.31 Å². The highest BCUT2D eigenvalue weighted by Crippen LogP contribution is 2.27. The molecule has 1 heterocycles. The molecule has 1 aliphatic heterocycles. The molecule has 0 unspecified atom stereocenters. The molecule has 0 amide bonds. The van der Waals surface area contributed by atoms with Gasteiger partial charge in [-0.25, -0.2) is 8.42 Å². The van der Waals surface area contributed by atoms with Gasteiger partial charge in [-0.15, -0.1) is 0 Å². The molecule has 0 spiro atoms. The smallest absolute Gasteiger partial charge is 0.220 e. The topological polar surface area (TPSA) is 46.6 Å². The summed E-state index contributed by atoms with van der Waals surface area (Å²) in [6.07, 6.45) is 0. The standard InChI is InChI=1S/C12H16ClNO3S/c1-12(2)8-17-9-14(12)18(15,16)7-10-3-5-11(13)6-4-10/h3-6H,7-9H2,1-2H3. The Labute approximate surface area is 113 Å². The van der Waals surface area contributed by atoms with Crippen molar-refractivity contribution in [3.05, 3.63) is 34.9 Å². The summed E-state index contributed by atoms with van der Waals surface area (Å²) in [6.45, 7) is 4.27. The Morgan fingerprint density at radius 3 is 2.44 bits per heavy atom. The molecule has 100 valence electrons. The second-order valence-electron chi connectivity index (χ2n) is 5.02. The second kappa shape index (κ2) is 4.81. The fraction of sp³-hybridized carbons (Fsp3) is 0.500. The minimum absolute atomic E-state index is 0.0308. The zero-order valence-electron chi connectivity index (χ0n) is 10.4. The van der Waals surface area contributed by atoms with Gasteiger partial charge in [0.1, 0.15) is 6.73 Å². The summed E-state index contributed by atoms with van der Waals surface area (Å²) in [5.41, 5.74) is 0.243. The number of rotatable bonds is 3. The molecule has 1 saturated heterocycles. The van der Waals surface area contributed by atoms with E-state index in [1.165, 1.54) is 4.31 Å². The van der Waals surface area contributed by atoms with E-state index in [0.29, 0.717) is 11.6 Å². The third kappa shape index (κ3) is 2.85. The maximum absolute atomic E-state index is 12.3. The van der Waals surface area contributed by atoms with E-state index in [1.807, 2.05) is 13.8 Å². The number of benzene rings is 1.